The number of aryl methyl sites for hydroxylation is 2. The van der Waals surface area contributed by atoms with Crippen LogP contribution < -0.4 is 11.5 Å². The van der Waals surface area contributed by atoms with Gasteiger partial charge in [0.2, 0.25) is 5.88 Å². The van der Waals surface area contributed by atoms with Crippen LogP contribution in [0.15, 0.2) is 10.6 Å². The van der Waals surface area contributed by atoms with Crippen molar-refractivity contribution in [3.63, 3.8) is 0 Å². The van der Waals surface area contributed by atoms with Gasteiger partial charge in [-0.2, -0.15) is 0 Å². The van der Waals surface area contributed by atoms with Crippen molar-refractivity contribution in [3.8, 4) is 11.4 Å². The number of rotatable bonds is 5. The lowest BCUT2D eigenvalue weighted by atomic mass is 10.1. The number of hydrogen-bond donors (Lipinski definition) is 3. The zero-order valence-corrected chi connectivity index (χ0v) is 11.1. The van der Waals surface area contributed by atoms with Crippen LogP contribution in [0.3, 0.4) is 0 Å². The van der Waals surface area contributed by atoms with E-state index in [1.165, 1.54) is 5.56 Å². The highest BCUT2D eigenvalue weighted by atomic mass is 16.5. The SMILES string of the molecule is CCCc1[nH]c(-c2noc(N)c2C(N)=O)cc1CC. The molecule has 2 rings (SSSR count). The van der Waals surface area contributed by atoms with Crippen molar-refractivity contribution in [3.05, 3.63) is 22.9 Å². The quantitative estimate of drug-likeness (QED) is 0.763. The zero-order chi connectivity index (χ0) is 14.0. The number of aromatic nitrogens is 2. The topological polar surface area (TPSA) is 111 Å². The van der Waals surface area contributed by atoms with Crippen LogP contribution in [0.4, 0.5) is 5.88 Å². The number of nitrogens with two attached hydrogens (primary N) is 2. The molecular weight excluding hydrogens is 244 g/mol. The van der Waals surface area contributed by atoms with Crippen LogP contribution >= 0.6 is 0 Å². The molecule has 0 fully saturated rings. The normalized spacial score (nSPS) is 10.8. The first-order valence-electron chi connectivity index (χ1n) is 6.34. The minimum absolute atomic E-state index is 0.0489. The Morgan fingerprint density at radius 2 is 2.21 bits per heavy atom. The molecule has 5 N–H and O–H groups in total. The number of primary amides is 1. The van der Waals surface area contributed by atoms with E-state index in [4.69, 9.17) is 16.0 Å². The smallest absolute Gasteiger partial charge is 0.256 e. The Hall–Kier alpha value is -2.24. The molecule has 0 unspecified atom stereocenters. The fourth-order valence-corrected chi connectivity index (χ4v) is 2.18. The van der Waals surface area contributed by atoms with Crippen molar-refractivity contribution in [2.24, 2.45) is 5.73 Å². The Morgan fingerprint density at radius 3 is 2.79 bits per heavy atom. The summed E-state index contributed by atoms with van der Waals surface area (Å²) in [6.07, 6.45) is 2.89. The Labute approximate surface area is 111 Å². The molecule has 2 heterocycles. The minimum atomic E-state index is -0.640. The zero-order valence-electron chi connectivity index (χ0n) is 11.1. The number of nitrogens with zero attached hydrogens (tertiary/aromatic N) is 1. The van der Waals surface area contributed by atoms with Gasteiger partial charge in [-0.1, -0.05) is 25.4 Å². The largest absolute Gasteiger partial charge is 0.367 e. The second-order valence-electron chi connectivity index (χ2n) is 4.43. The molecule has 0 radical (unpaired) electrons. The van der Waals surface area contributed by atoms with E-state index in [1.54, 1.807) is 0 Å². The number of amides is 1. The highest BCUT2D eigenvalue weighted by molar-refractivity contribution is 6.02. The lowest BCUT2D eigenvalue weighted by Gasteiger charge is -1.98. The number of nitrogens with one attached hydrogen (secondary N) is 1. The van der Waals surface area contributed by atoms with Gasteiger partial charge in [-0.25, -0.2) is 0 Å². The molecule has 0 aliphatic heterocycles. The van der Waals surface area contributed by atoms with E-state index >= 15 is 0 Å². The van der Waals surface area contributed by atoms with Crippen LogP contribution in [0, 0.1) is 0 Å². The summed E-state index contributed by atoms with van der Waals surface area (Å²) in [5.74, 6) is -0.689. The van der Waals surface area contributed by atoms with Gasteiger partial charge in [0.15, 0.2) is 0 Å². The van der Waals surface area contributed by atoms with Gasteiger partial charge in [-0.15, -0.1) is 0 Å². The molecule has 6 nitrogen and oxygen atoms in total. The van der Waals surface area contributed by atoms with Gasteiger partial charge in [0.25, 0.3) is 5.91 Å². The number of carbonyl (C=O) groups is 1. The van der Waals surface area contributed by atoms with Crippen LogP contribution in [0.5, 0.6) is 0 Å². The third kappa shape index (κ3) is 2.33. The molecule has 19 heavy (non-hydrogen) atoms. The summed E-state index contributed by atoms with van der Waals surface area (Å²) >= 11 is 0. The van der Waals surface area contributed by atoms with Crippen molar-refractivity contribution < 1.29 is 9.32 Å². The van der Waals surface area contributed by atoms with E-state index in [9.17, 15) is 4.79 Å². The summed E-state index contributed by atoms with van der Waals surface area (Å²) in [4.78, 5) is 14.7. The summed E-state index contributed by atoms with van der Waals surface area (Å²) in [7, 11) is 0. The second kappa shape index (κ2) is 5.17. The van der Waals surface area contributed by atoms with Gasteiger partial charge < -0.3 is 21.0 Å². The maximum atomic E-state index is 11.4. The van der Waals surface area contributed by atoms with Crippen molar-refractivity contribution in [2.75, 3.05) is 5.73 Å². The summed E-state index contributed by atoms with van der Waals surface area (Å²) in [5.41, 5.74) is 14.5. The summed E-state index contributed by atoms with van der Waals surface area (Å²) in [6, 6.07) is 1.97. The molecule has 0 saturated carbocycles. The number of aromatic amines is 1. The fourth-order valence-electron chi connectivity index (χ4n) is 2.18. The fraction of sp³-hybridized carbons (Fsp3) is 0.385. The van der Waals surface area contributed by atoms with E-state index in [2.05, 4.69) is 24.0 Å². The molecule has 0 aromatic carbocycles. The average molecular weight is 262 g/mol. The van der Waals surface area contributed by atoms with Crippen LogP contribution in [0.2, 0.25) is 0 Å². The number of anilines is 1. The van der Waals surface area contributed by atoms with Gasteiger partial charge in [-0.3, -0.25) is 4.79 Å². The molecule has 0 aliphatic rings. The van der Waals surface area contributed by atoms with Crippen molar-refractivity contribution in [1.82, 2.24) is 10.1 Å². The third-order valence-electron chi connectivity index (χ3n) is 3.09. The van der Waals surface area contributed by atoms with Crippen LogP contribution in [0.1, 0.15) is 41.9 Å². The molecule has 0 spiro atoms. The highest BCUT2D eigenvalue weighted by Gasteiger charge is 2.22. The van der Waals surface area contributed by atoms with E-state index in [-0.39, 0.29) is 11.4 Å². The van der Waals surface area contributed by atoms with Gasteiger partial charge in [-0.05, 0) is 24.5 Å². The Balaban J connectivity index is 2.50. The molecule has 0 atom stereocenters. The van der Waals surface area contributed by atoms with E-state index in [0.717, 1.165) is 30.7 Å². The van der Waals surface area contributed by atoms with E-state index in [1.807, 2.05) is 6.07 Å². The third-order valence-corrected chi connectivity index (χ3v) is 3.09. The molecule has 0 bridgehead atoms. The molecule has 0 aliphatic carbocycles. The maximum absolute atomic E-state index is 11.4. The maximum Gasteiger partial charge on any atom is 0.256 e. The number of nitrogen functional groups attached to an aromatic ring is 1. The van der Waals surface area contributed by atoms with Crippen molar-refractivity contribution >= 4 is 11.8 Å². The van der Waals surface area contributed by atoms with E-state index in [0.29, 0.717) is 5.69 Å². The molecule has 6 heteroatoms. The van der Waals surface area contributed by atoms with Gasteiger partial charge in [0.05, 0.1) is 5.69 Å². The van der Waals surface area contributed by atoms with E-state index < -0.39 is 5.91 Å². The Kier molecular flexibility index (Phi) is 3.59. The Bertz CT molecular complexity index is 598. The van der Waals surface area contributed by atoms with Crippen molar-refractivity contribution in [2.45, 2.75) is 33.1 Å². The molecule has 1 amide bonds. The first-order chi connectivity index (χ1) is 9.08. The monoisotopic (exact) mass is 262 g/mol. The first-order valence-corrected chi connectivity index (χ1v) is 6.34. The molecular formula is C13H18N4O2. The predicted molar refractivity (Wildman–Crippen MR) is 72.6 cm³/mol. The summed E-state index contributed by atoms with van der Waals surface area (Å²) in [6.45, 7) is 4.20. The van der Waals surface area contributed by atoms with Gasteiger partial charge in [0.1, 0.15) is 11.3 Å². The summed E-state index contributed by atoms with van der Waals surface area (Å²) < 4.78 is 4.86. The number of H-pyrrole nitrogens is 1. The highest BCUT2D eigenvalue weighted by Crippen LogP contribution is 2.28. The predicted octanol–water partition coefficient (Wildman–Crippen LogP) is 1.87. The lowest BCUT2D eigenvalue weighted by Crippen LogP contribution is -2.13. The van der Waals surface area contributed by atoms with Crippen LogP contribution in [-0.4, -0.2) is 16.0 Å². The molecule has 102 valence electrons. The summed E-state index contributed by atoms with van der Waals surface area (Å²) in [5, 5.41) is 3.82. The first kappa shape index (κ1) is 13.2. The average Bonchev–Trinajstić information content (AvgIpc) is 2.93. The lowest BCUT2D eigenvalue weighted by molar-refractivity contribution is 0.100. The molecule has 2 aromatic rings. The van der Waals surface area contributed by atoms with Crippen molar-refractivity contribution in [1.29, 1.82) is 0 Å². The van der Waals surface area contributed by atoms with Gasteiger partial charge >= 0.3 is 0 Å². The Morgan fingerprint density at radius 1 is 1.47 bits per heavy atom. The van der Waals surface area contributed by atoms with Gasteiger partial charge in [0, 0.05) is 5.69 Å². The minimum Gasteiger partial charge on any atom is -0.367 e. The standard InChI is InChI=1S/C13H18N4O2/c1-3-5-8-7(4-2)6-9(16-8)11-10(12(14)18)13(15)19-17-11/h6,16H,3-5,15H2,1-2H3,(H2,14,18). The number of hydrogen-bond acceptors (Lipinski definition) is 4. The molecule has 0 saturated heterocycles. The van der Waals surface area contributed by atoms with Crippen LogP contribution in [0.25, 0.3) is 11.4 Å². The second-order valence-corrected chi connectivity index (χ2v) is 4.43. The number of carbonyl (C=O) groups excluding carboxylic acids is 1. The van der Waals surface area contributed by atoms with Crippen LogP contribution in [-0.2, 0) is 12.8 Å². The molecule has 2 aromatic heterocycles.